The monoisotopic (exact) mass is 277 g/mol. The minimum absolute atomic E-state index is 0.0247. The molecule has 0 spiro atoms. The number of benzene rings is 2. The predicted molar refractivity (Wildman–Crippen MR) is 80.4 cm³/mol. The van der Waals surface area contributed by atoms with Gasteiger partial charge < -0.3 is 4.90 Å². The van der Waals surface area contributed by atoms with E-state index < -0.39 is 0 Å². The van der Waals surface area contributed by atoms with Crippen LogP contribution in [0.25, 0.3) is 11.1 Å². The lowest BCUT2D eigenvalue weighted by Crippen LogP contribution is -2.27. The maximum absolute atomic E-state index is 12.5. The highest BCUT2D eigenvalue weighted by Crippen LogP contribution is 2.36. The third kappa shape index (κ3) is 1.81. The first-order valence-electron chi connectivity index (χ1n) is 7.33. The molecule has 4 rings (SSSR count). The Hall–Kier alpha value is -2.42. The SMILES string of the molecule is O=C1c2ccccc2-c2ccc(C(=O)N3CCCC3)cc21. The maximum Gasteiger partial charge on any atom is 0.253 e. The van der Waals surface area contributed by atoms with E-state index in [1.54, 1.807) is 6.07 Å². The summed E-state index contributed by atoms with van der Waals surface area (Å²) in [6.07, 6.45) is 2.14. The van der Waals surface area contributed by atoms with Gasteiger partial charge in [0.2, 0.25) is 0 Å². The minimum Gasteiger partial charge on any atom is -0.339 e. The van der Waals surface area contributed by atoms with Gasteiger partial charge in [0.25, 0.3) is 5.91 Å². The molecule has 1 aliphatic carbocycles. The Morgan fingerprint density at radius 2 is 1.52 bits per heavy atom. The largest absolute Gasteiger partial charge is 0.339 e. The van der Waals surface area contributed by atoms with Crippen LogP contribution in [0.2, 0.25) is 0 Å². The fraction of sp³-hybridized carbons (Fsp3) is 0.222. The van der Waals surface area contributed by atoms with Gasteiger partial charge in [0.05, 0.1) is 0 Å². The second-order valence-electron chi connectivity index (χ2n) is 5.63. The molecular formula is C18H15NO2. The summed E-state index contributed by atoms with van der Waals surface area (Å²) in [5.74, 6) is 0.0655. The van der Waals surface area contributed by atoms with Crippen LogP contribution in [0.4, 0.5) is 0 Å². The summed E-state index contributed by atoms with van der Waals surface area (Å²) in [5.41, 5.74) is 3.92. The van der Waals surface area contributed by atoms with Crippen molar-refractivity contribution >= 4 is 11.7 Å². The van der Waals surface area contributed by atoms with Crippen LogP contribution in [0.15, 0.2) is 42.5 Å². The summed E-state index contributed by atoms with van der Waals surface area (Å²) in [5, 5.41) is 0. The van der Waals surface area contributed by atoms with Crippen molar-refractivity contribution in [2.24, 2.45) is 0 Å². The van der Waals surface area contributed by atoms with Gasteiger partial charge in [-0.1, -0.05) is 30.3 Å². The lowest BCUT2D eigenvalue weighted by molar-refractivity contribution is 0.0793. The topological polar surface area (TPSA) is 37.4 Å². The fourth-order valence-electron chi connectivity index (χ4n) is 3.26. The lowest BCUT2D eigenvalue weighted by atomic mass is 10.0. The second kappa shape index (κ2) is 4.55. The summed E-state index contributed by atoms with van der Waals surface area (Å²) in [4.78, 5) is 26.8. The number of nitrogens with zero attached hydrogens (tertiary/aromatic N) is 1. The van der Waals surface area contributed by atoms with E-state index in [1.165, 1.54) is 0 Å². The number of fused-ring (bicyclic) bond motifs is 3. The van der Waals surface area contributed by atoms with E-state index in [4.69, 9.17) is 0 Å². The van der Waals surface area contributed by atoms with E-state index in [-0.39, 0.29) is 11.7 Å². The molecule has 104 valence electrons. The fourth-order valence-corrected chi connectivity index (χ4v) is 3.26. The Labute approximate surface area is 123 Å². The molecule has 0 saturated carbocycles. The van der Waals surface area contributed by atoms with Gasteiger partial charge in [0.15, 0.2) is 5.78 Å². The average molecular weight is 277 g/mol. The Morgan fingerprint density at radius 3 is 2.29 bits per heavy atom. The molecule has 1 amide bonds. The molecule has 2 aliphatic rings. The molecule has 21 heavy (non-hydrogen) atoms. The number of carbonyl (C=O) groups is 2. The highest BCUT2D eigenvalue weighted by molar-refractivity contribution is 6.22. The van der Waals surface area contributed by atoms with Gasteiger partial charge >= 0.3 is 0 Å². The normalized spacial score (nSPS) is 16.0. The molecule has 0 N–H and O–H groups in total. The molecule has 3 nitrogen and oxygen atoms in total. The molecule has 0 unspecified atom stereocenters. The number of hydrogen-bond acceptors (Lipinski definition) is 2. The number of likely N-dealkylation sites (tertiary alicyclic amines) is 1. The van der Waals surface area contributed by atoms with Gasteiger partial charge in [-0.25, -0.2) is 0 Å². The maximum atomic E-state index is 12.5. The van der Waals surface area contributed by atoms with E-state index in [0.717, 1.165) is 42.6 Å². The first-order chi connectivity index (χ1) is 10.3. The summed E-state index contributed by atoms with van der Waals surface area (Å²) in [7, 11) is 0. The van der Waals surface area contributed by atoms with Crippen LogP contribution in [-0.4, -0.2) is 29.7 Å². The van der Waals surface area contributed by atoms with Crippen molar-refractivity contribution < 1.29 is 9.59 Å². The van der Waals surface area contributed by atoms with Crippen molar-refractivity contribution in [3.63, 3.8) is 0 Å². The van der Waals surface area contributed by atoms with Gasteiger partial charge in [-0.15, -0.1) is 0 Å². The van der Waals surface area contributed by atoms with Crippen molar-refractivity contribution in [2.75, 3.05) is 13.1 Å². The van der Waals surface area contributed by atoms with Crippen molar-refractivity contribution in [2.45, 2.75) is 12.8 Å². The summed E-state index contributed by atoms with van der Waals surface area (Å²) >= 11 is 0. The van der Waals surface area contributed by atoms with Crippen molar-refractivity contribution in [3.8, 4) is 11.1 Å². The van der Waals surface area contributed by atoms with Crippen molar-refractivity contribution in [1.29, 1.82) is 0 Å². The predicted octanol–water partition coefficient (Wildman–Crippen LogP) is 3.13. The number of amides is 1. The second-order valence-corrected chi connectivity index (χ2v) is 5.63. The Kier molecular flexibility index (Phi) is 2.67. The van der Waals surface area contributed by atoms with E-state index in [2.05, 4.69) is 0 Å². The molecular weight excluding hydrogens is 262 g/mol. The molecule has 3 heteroatoms. The third-order valence-electron chi connectivity index (χ3n) is 4.37. The Bertz CT molecular complexity index is 758. The third-order valence-corrected chi connectivity index (χ3v) is 4.37. The summed E-state index contributed by atoms with van der Waals surface area (Å²) in [6, 6.07) is 13.1. The minimum atomic E-state index is 0.0247. The lowest BCUT2D eigenvalue weighted by Gasteiger charge is -2.15. The zero-order chi connectivity index (χ0) is 14.4. The molecule has 1 saturated heterocycles. The summed E-state index contributed by atoms with van der Waals surface area (Å²) < 4.78 is 0. The Morgan fingerprint density at radius 1 is 0.857 bits per heavy atom. The zero-order valence-electron chi connectivity index (χ0n) is 11.6. The molecule has 1 fully saturated rings. The molecule has 2 aromatic rings. The molecule has 1 heterocycles. The van der Waals surface area contributed by atoms with Crippen molar-refractivity contribution in [3.05, 3.63) is 59.2 Å². The standard InChI is InChI=1S/C18H15NO2/c20-17-15-6-2-1-5-13(15)14-8-7-12(11-16(14)17)18(21)19-9-3-4-10-19/h1-2,5-8,11H,3-4,9-10H2. The number of hydrogen-bond donors (Lipinski definition) is 0. The molecule has 0 aromatic heterocycles. The van der Waals surface area contributed by atoms with E-state index in [1.807, 2.05) is 41.3 Å². The van der Waals surface area contributed by atoms with Gasteiger partial charge in [-0.3, -0.25) is 9.59 Å². The van der Waals surface area contributed by atoms with Crippen LogP contribution in [0.5, 0.6) is 0 Å². The quantitative estimate of drug-likeness (QED) is 0.685. The molecule has 2 aromatic carbocycles. The van der Waals surface area contributed by atoms with Crippen LogP contribution >= 0.6 is 0 Å². The average Bonchev–Trinajstić information content (AvgIpc) is 3.15. The van der Waals surface area contributed by atoms with E-state index in [0.29, 0.717) is 11.1 Å². The highest BCUT2D eigenvalue weighted by Gasteiger charge is 2.28. The van der Waals surface area contributed by atoms with Gasteiger partial charge in [-0.2, -0.15) is 0 Å². The van der Waals surface area contributed by atoms with Crippen LogP contribution in [0.3, 0.4) is 0 Å². The molecule has 0 atom stereocenters. The van der Waals surface area contributed by atoms with Gasteiger partial charge in [0, 0.05) is 29.8 Å². The number of carbonyl (C=O) groups excluding carboxylic acids is 2. The smallest absolute Gasteiger partial charge is 0.253 e. The van der Waals surface area contributed by atoms with Crippen LogP contribution in [-0.2, 0) is 0 Å². The number of ketones is 1. The van der Waals surface area contributed by atoms with Crippen LogP contribution < -0.4 is 0 Å². The Balaban J connectivity index is 1.76. The molecule has 1 aliphatic heterocycles. The van der Waals surface area contributed by atoms with Gasteiger partial charge in [-0.05, 0) is 36.1 Å². The molecule has 0 bridgehead atoms. The first-order valence-corrected chi connectivity index (χ1v) is 7.33. The van der Waals surface area contributed by atoms with E-state index >= 15 is 0 Å². The van der Waals surface area contributed by atoms with Crippen LogP contribution in [0, 0.1) is 0 Å². The first kappa shape index (κ1) is 12.3. The number of rotatable bonds is 1. The van der Waals surface area contributed by atoms with Crippen LogP contribution in [0.1, 0.15) is 39.1 Å². The van der Waals surface area contributed by atoms with Gasteiger partial charge in [0.1, 0.15) is 0 Å². The molecule has 0 radical (unpaired) electrons. The van der Waals surface area contributed by atoms with Crippen molar-refractivity contribution in [1.82, 2.24) is 4.90 Å². The summed E-state index contributed by atoms with van der Waals surface area (Å²) in [6.45, 7) is 1.65. The highest BCUT2D eigenvalue weighted by atomic mass is 16.2. The van der Waals surface area contributed by atoms with E-state index in [9.17, 15) is 9.59 Å². The zero-order valence-corrected chi connectivity index (χ0v) is 11.6.